The lowest BCUT2D eigenvalue weighted by atomic mass is 10.1. The normalized spacial score (nSPS) is 18.6. The zero-order valence-corrected chi connectivity index (χ0v) is 12.4. The maximum absolute atomic E-state index is 11.8. The van der Waals surface area contributed by atoms with Crippen molar-refractivity contribution < 1.29 is 13.2 Å². The number of carbonyl (C=O) groups excluding carboxylic acids is 1. The van der Waals surface area contributed by atoms with E-state index in [0.29, 0.717) is 12.8 Å². The molecule has 0 aromatic heterocycles. The maximum Gasteiger partial charge on any atom is 0.238 e. The number of rotatable bonds is 4. The summed E-state index contributed by atoms with van der Waals surface area (Å²) in [6.45, 7) is 2.20. The van der Waals surface area contributed by atoms with Gasteiger partial charge in [-0.1, -0.05) is 17.7 Å². The molecule has 0 saturated carbocycles. The van der Waals surface area contributed by atoms with E-state index < -0.39 is 9.84 Å². The van der Waals surface area contributed by atoms with Crippen molar-refractivity contribution in [1.29, 1.82) is 0 Å². The number of nitrogens with one attached hydrogen (secondary N) is 2. The summed E-state index contributed by atoms with van der Waals surface area (Å²) in [5.74, 6) is 0.316. The van der Waals surface area contributed by atoms with E-state index in [2.05, 4.69) is 10.6 Å². The minimum Gasteiger partial charge on any atom is -0.325 e. The van der Waals surface area contributed by atoms with Crippen LogP contribution in [0.15, 0.2) is 24.3 Å². The third-order valence-corrected chi connectivity index (χ3v) is 5.16. The summed E-state index contributed by atoms with van der Waals surface area (Å²) >= 11 is 0. The van der Waals surface area contributed by atoms with Gasteiger partial charge in [0.05, 0.1) is 18.1 Å². The lowest BCUT2D eigenvalue weighted by Gasteiger charge is -2.22. The van der Waals surface area contributed by atoms with E-state index in [1.807, 2.05) is 31.2 Å². The lowest BCUT2D eigenvalue weighted by Crippen LogP contribution is -2.41. The van der Waals surface area contributed by atoms with Crippen LogP contribution in [0, 0.1) is 6.92 Å². The molecule has 20 heavy (non-hydrogen) atoms. The lowest BCUT2D eigenvalue weighted by molar-refractivity contribution is -0.115. The van der Waals surface area contributed by atoms with Crippen molar-refractivity contribution in [3.63, 3.8) is 0 Å². The van der Waals surface area contributed by atoms with Gasteiger partial charge in [0.1, 0.15) is 9.84 Å². The first-order valence-corrected chi connectivity index (χ1v) is 8.57. The second kappa shape index (κ2) is 6.37. The molecule has 0 aliphatic carbocycles. The number of hydrogen-bond donors (Lipinski definition) is 2. The summed E-state index contributed by atoms with van der Waals surface area (Å²) in [5, 5.41) is 5.92. The first kappa shape index (κ1) is 15.0. The van der Waals surface area contributed by atoms with E-state index in [0.717, 1.165) is 11.3 Å². The van der Waals surface area contributed by atoms with Gasteiger partial charge in [-0.3, -0.25) is 4.79 Å². The molecule has 1 aromatic rings. The Hall–Kier alpha value is -1.40. The number of hydrogen-bond acceptors (Lipinski definition) is 4. The van der Waals surface area contributed by atoms with Crippen LogP contribution in [0.4, 0.5) is 5.69 Å². The van der Waals surface area contributed by atoms with Gasteiger partial charge < -0.3 is 10.6 Å². The minimum atomic E-state index is -2.85. The summed E-state index contributed by atoms with van der Waals surface area (Å²) in [7, 11) is -2.85. The van der Waals surface area contributed by atoms with Gasteiger partial charge in [0.25, 0.3) is 0 Å². The molecule has 0 atom stereocenters. The second-order valence-electron chi connectivity index (χ2n) is 5.22. The molecule has 6 heteroatoms. The Labute approximate surface area is 119 Å². The average Bonchev–Trinajstić information content (AvgIpc) is 2.40. The zero-order valence-electron chi connectivity index (χ0n) is 11.6. The third kappa shape index (κ3) is 4.61. The molecule has 1 aromatic carbocycles. The molecular formula is C14H20N2O3S. The highest BCUT2D eigenvalue weighted by Gasteiger charge is 2.23. The van der Waals surface area contributed by atoms with Crippen LogP contribution in [0.1, 0.15) is 18.4 Å². The summed E-state index contributed by atoms with van der Waals surface area (Å²) in [5.41, 5.74) is 1.91. The van der Waals surface area contributed by atoms with Gasteiger partial charge in [0, 0.05) is 11.7 Å². The predicted octanol–water partition coefficient (Wildman–Crippen LogP) is 1.10. The van der Waals surface area contributed by atoms with Crippen molar-refractivity contribution in [2.75, 3.05) is 23.4 Å². The number of aryl methyl sites for hydroxylation is 1. The van der Waals surface area contributed by atoms with Gasteiger partial charge in [-0.15, -0.1) is 0 Å². The molecule has 1 saturated heterocycles. The van der Waals surface area contributed by atoms with Gasteiger partial charge in [0.15, 0.2) is 0 Å². The highest BCUT2D eigenvalue weighted by atomic mass is 32.2. The molecule has 1 amide bonds. The van der Waals surface area contributed by atoms with Crippen LogP contribution in [0.5, 0.6) is 0 Å². The average molecular weight is 296 g/mol. The van der Waals surface area contributed by atoms with Crippen molar-refractivity contribution in [2.24, 2.45) is 0 Å². The smallest absolute Gasteiger partial charge is 0.238 e. The van der Waals surface area contributed by atoms with Crippen LogP contribution >= 0.6 is 0 Å². The summed E-state index contributed by atoms with van der Waals surface area (Å²) in [4.78, 5) is 11.8. The molecule has 5 nitrogen and oxygen atoms in total. The molecule has 1 aliphatic heterocycles. The molecule has 0 spiro atoms. The molecular weight excluding hydrogens is 276 g/mol. The van der Waals surface area contributed by atoms with E-state index in [4.69, 9.17) is 0 Å². The van der Waals surface area contributed by atoms with E-state index in [1.54, 1.807) is 0 Å². The SMILES string of the molecule is Cc1ccc(NC(=O)CNC2CCS(=O)(=O)CC2)cc1. The summed E-state index contributed by atoms with van der Waals surface area (Å²) in [6, 6.07) is 7.72. The first-order valence-electron chi connectivity index (χ1n) is 6.75. The largest absolute Gasteiger partial charge is 0.325 e. The van der Waals surface area contributed by atoms with Crippen molar-refractivity contribution in [3.05, 3.63) is 29.8 Å². The fraction of sp³-hybridized carbons (Fsp3) is 0.500. The second-order valence-corrected chi connectivity index (χ2v) is 7.52. The molecule has 2 rings (SSSR count). The number of sulfone groups is 1. The number of anilines is 1. The van der Waals surface area contributed by atoms with Crippen LogP contribution in [-0.4, -0.2) is 38.4 Å². The number of carbonyl (C=O) groups is 1. The van der Waals surface area contributed by atoms with E-state index >= 15 is 0 Å². The molecule has 0 unspecified atom stereocenters. The molecule has 0 radical (unpaired) electrons. The molecule has 0 bridgehead atoms. The van der Waals surface area contributed by atoms with Gasteiger partial charge >= 0.3 is 0 Å². The Morgan fingerprint density at radius 3 is 2.40 bits per heavy atom. The maximum atomic E-state index is 11.8. The monoisotopic (exact) mass is 296 g/mol. The van der Waals surface area contributed by atoms with Crippen LogP contribution < -0.4 is 10.6 Å². The summed E-state index contributed by atoms with van der Waals surface area (Å²) in [6.07, 6.45) is 1.17. The fourth-order valence-corrected chi connectivity index (χ4v) is 3.66. The predicted molar refractivity (Wildman–Crippen MR) is 79.5 cm³/mol. The van der Waals surface area contributed by atoms with E-state index in [9.17, 15) is 13.2 Å². The standard InChI is InChI=1S/C14H20N2O3S/c1-11-2-4-13(5-3-11)16-14(17)10-15-12-6-8-20(18,19)9-7-12/h2-5,12,15H,6-10H2,1H3,(H,16,17). The Balaban J connectivity index is 1.74. The van der Waals surface area contributed by atoms with E-state index in [1.165, 1.54) is 0 Å². The number of benzene rings is 1. The summed E-state index contributed by atoms with van der Waals surface area (Å²) < 4.78 is 22.6. The van der Waals surface area contributed by atoms with Crippen LogP contribution in [0.25, 0.3) is 0 Å². The van der Waals surface area contributed by atoms with Gasteiger partial charge in [0.2, 0.25) is 5.91 Å². The van der Waals surface area contributed by atoms with Crippen molar-refractivity contribution in [1.82, 2.24) is 5.32 Å². The van der Waals surface area contributed by atoms with E-state index in [-0.39, 0.29) is 30.0 Å². The van der Waals surface area contributed by atoms with Crippen molar-refractivity contribution in [2.45, 2.75) is 25.8 Å². The Kier molecular flexibility index (Phi) is 4.77. The zero-order chi connectivity index (χ0) is 14.6. The first-order chi connectivity index (χ1) is 9.44. The van der Waals surface area contributed by atoms with Gasteiger partial charge in [-0.25, -0.2) is 8.42 Å². The van der Waals surface area contributed by atoms with Gasteiger partial charge in [-0.2, -0.15) is 0 Å². The highest BCUT2D eigenvalue weighted by molar-refractivity contribution is 7.91. The quantitative estimate of drug-likeness (QED) is 0.872. The van der Waals surface area contributed by atoms with Crippen LogP contribution in [-0.2, 0) is 14.6 Å². The molecule has 2 N–H and O–H groups in total. The molecule has 110 valence electrons. The van der Waals surface area contributed by atoms with Crippen LogP contribution in [0.2, 0.25) is 0 Å². The van der Waals surface area contributed by atoms with Gasteiger partial charge in [-0.05, 0) is 31.9 Å². The highest BCUT2D eigenvalue weighted by Crippen LogP contribution is 2.12. The Morgan fingerprint density at radius 2 is 1.80 bits per heavy atom. The Morgan fingerprint density at radius 1 is 1.20 bits per heavy atom. The van der Waals surface area contributed by atoms with Crippen molar-refractivity contribution in [3.8, 4) is 0 Å². The Bertz CT molecular complexity index is 553. The molecule has 1 heterocycles. The number of amides is 1. The minimum absolute atomic E-state index is 0.109. The molecule has 1 fully saturated rings. The fourth-order valence-electron chi connectivity index (χ4n) is 2.17. The third-order valence-electron chi connectivity index (χ3n) is 3.44. The molecule has 1 aliphatic rings. The topological polar surface area (TPSA) is 75.3 Å². The van der Waals surface area contributed by atoms with Crippen LogP contribution in [0.3, 0.4) is 0 Å². The van der Waals surface area contributed by atoms with Crippen molar-refractivity contribution >= 4 is 21.4 Å².